The molecule has 7 nitrogen and oxygen atoms in total. The van der Waals surface area contributed by atoms with E-state index in [4.69, 9.17) is 9.26 Å². The zero-order chi connectivity index (χ0) is 22.0. The van der Waals surface area contributed by atoms with Crippen LogP contribution in [0.3, 0.4) is 0 Å². The van der Waals surface area contributed by atoms with Crippen LogP contribution in [0.5, 0.6) is 5.75 Å². The molecule has 3 heterocycles. The fourth-order valence-electron chi connectivity index (χ4n) is 4.43. The van der Waals surface area contributed by atoms with Crippen molar-refractivity contribution in [3.05, 3.63) is 44.7 Å². The van der Waals surface area contributed by atoms with Gasteiger partial charge in [0, 0.05) is 31.4 Å². The summed E-state index contributed by atoms with van der Waals surface area (Å²) in [5.74, 6) is 1.68. The number of ether oxygens (including phenoxy) is 1. The molecule has 2 aromatic heterocycles. The Labute approximate surface area is 183 Å². The van der Waals surface area contributed by atoms with E-state index in [1.54, 1.807) is 4.57 Å². The van der Waals surface area contributed by atoms with E-state index in [1.807, 2.05) is 18.7 Å². The van der Waals surface area contributed by atoms with Gasteiger partial charge in [0.15, 0.2) is 0 Å². The minimum atomic E-state index is -0.0913. The molecule has 1 aliphatic heterocycles. The predicted octanol–water partition coefficient (Wildman–Crippen LogP) is 4.02. The number of fused-ring (bicyclic) bond motifs is 1. The lowest BCUT2D eigenvalue weighted by Crippen LogP contribution is -2.36. The van der Waals surface area contributed by atoms with Crippen molar-refractivity contribution >= 4 is 5.91 Å². The molecule has 0 bridgehead atoms. The van der Waals surface area contributed by atoms with Crippen molar-refractivity contribution in [2.75, 3.05) is 13.1 Å². The van der Waals surface area contributed by atoms with E-state index >= 15 is 0 Å². The quantitative estimate of drug-likeness (QED) is 0.636. The Morgan fingerprint density at radius 2 is 2.10 bits per heavy atom. The van der Waals surface area contributed by atoms with Gasteiger partial charge in [0.1, 0.15) is 23.7 Å². The standard InChI is InChI=1S/C24H33N3O4/c1-4-11-26(14-18-9-10-18)24(29)23-20-8-6-5-7-12-27(20)22(28)13-21(23)30-15-19-16(2)25-31-17(19)3/h13,18H,4-12,14-15H2,1-3H3. The number of aromatic nitrogens is 2. The number of hydrogen-bond acceptors (Lipinski definition) is 5. The average Bonchev–Trinajstić information content (AvgIpc) is 3.54. The van der Waals surface area contributed by atoms with E-state index in [0.29, 0.717) is 29.5 Å². The Bertz CT molecular complexity index is 983. The second-order valence-corrected chi connectivity index (χ2v) is 8.92. The summed E-state index contributed by atoms with van der Waals surface area (Å²) < 4.78 is 13.2. The van der Waals surface area contributed by atoms with Gasteiger partial charge < -0.3 is 18.7 Å². The third-order valence-corrected chi connectivity index (χ3v) is 6.40. The van der Waals surface area contributed by atoms with Gasteiger partial charge in [-0.3, -0.25) is 9.59 Å². The maximum Gasteiger partial charge on any atom is 0.259 e. The molecule has 0 unspecified atom stereocenters. The largest absolute Gasteiger partial charge is 0.488 e. The van der Waals surface area contributed by atoms with Gasteiger partial charge in [0.2, 0.25) is 0 Å². The first-order valence-electron chi connectivity index (χ1n) is 11.6. The van der Waals surface area contributed by atoms with Crippen LogP contribution in [-0.4, -0.2) is 33.6 Å². The maximum atomic E-state index is 13.8. The van der Waals surface area contributed by atoms with Gasteiger partial charge in [-0.1, -0.05) is 18.5 Å². The highest BCUT2D eigenvalue weighted by Gasteiger charge is 2.31. The number of pyridine rings is 1. The first-order chi connectivity index (χ1) is 15.0. The monoisotopic (exact) mass is 427 g/mol. The molecular formula is C24H33N3O4. The van der Waals surface area contributed by atoms with E-state index in [9.17, 15) is 9.59 Å². The Kier molecular flexibility index (Phi) is 6.49. The van der Waals surface area contributed by atoms with Crippen LogP contribution in [0.2, 0.25) is 0 Å². The van der Waals surface area contributed by atoms with Crippen molar-refractivity contribution in [1.82, 2.24) is 14.6 Å². The average molecular weight is 428 g/mol. The van der Waals surface area contributed by atoms with E-state index in [1.165, 1.54) is 18.9 Å². The molecular weight excluding hydrogens is 394 g/mol. The molecule has 1 fully saturated rings. The summed E-state index contributed by atoms with van der Waals surface area (Å²) in [5.41, 5.74) is 2.93. The molecule has 31 heavy (non-hydrogen) atoms. The highest BCUT2D eigenvalue weighted by atomic mass is 16.5. The highest BCUT2D eigenvalue weighted by molar-refractivity contribution is 5.98. The molecule has 0 aromatic carbocycles. The molecule has 168 valence electrons. The predicted molar refractivity (Wildman–Crippen MR) is 117 cm³/mol. The Morgan fingerprint density at radius 3 is 2.77 bits per heavy atom. The van der Waals surface area contributed by atoms with Crippen molar-refractivity contribution in [2.24, 2.45) is 5.92 Å². The molecule has 2 aromatic rings. The minimum absolute atomic E-state index is 0.00633. The molecule has 7 heteroatoms. The molecule has 0 atom stereocenters. The smallest absolute Gasteiger partial charge is 0.259 e. The van der Waals surface area contributed by atoms with Gasteiger partial charge in [-0.2, -0.15) is 0 Å². The van der Waals surface area contributed by atoms with Gasteiger partial charge in [-0.05, 0) is 58.3 Å². The Hall–Kier alpha value is -2.57. The number of hydrogen-bond donors (Lipinski definition) is 0. The third-order valence-electron chi connectivity index (χ3n) is 6.40. The first kappa shape index (κ1) is 21.7. The summed E-state index contributed by atoms with van der Waals surface area (Å²) in [4.78, 5) is 28.7. The SMILES string of the molecule is CCCN(CC1CC1)C(=O)c1c(OCc2c(C)noc2C)cc(=O)n2c1CCCCC2. The summed E-state index contributed by atoms with van der Waals surface area (Å²) in [6.07, 6.45) is 7.00. The molecule has 1 amide bonds. The topological polar surface area (TPSA) is 77.6 Å². The fourth-order valence-corrected chi connectivity index (χ4v) is 4.43. The summed E-state index contributed by atoms with van der Waals surface area (Å²) in [5, 5.41) is 3.98. The van der Waals surface area contributed by atoms with Gasteiger partial charge in [0.25, 0.3) is 11.5 Å². The molecule has 4 rings (SSSR count). The van der Waals surface area contributed by atoms with Crippen LogP contribution in [0, 0.1) is 19.8 Å². The van der Waals surface area contributed by atoms with Crippen molar-refractivity contribution in [3.8, 4) is 5.75 Å². The lowest BCUT2D eigenvalue weighted by Gasteiger charge is -2.26. The Morgan fingerprint density at radius 1 is 1.29 bits per heavy atom. The van der Waals surface area contributed by atoms with Crippen molar-refractivity contribution in [1.29, 1.82) is 0 Å². The lowest BCUT2D eigenvalue weighted by atomic mass is 10.1. The van der Waals surface area contributed by atoms with Gasteiger partial charge in [0.05, 0.1) is 11.3 Å². The van der Waals surface area contributed by atoms with Crippen LogP contribution in [-0.2, 0) is 19.6 Å². The maximum absolute atomic E-state index is 13.8. The Balaban J connectivity index is 1.74. The van der Waals surface area contributed by atoms with Crippen molar-refractivity contribution in [2.45, 2.75) is 78.9 Å². The zero-order valence-electron chi connectivity index (χ0n) is 18.9. The number of aryl methyl sites for hydroxylation is 2. The molecule has 2 aliphatic rings. The van der Waals surface area contributed by atoms with Gasteiger partial charge in [-0.15, -0.1) is 0 Å². The van der Waals surface area contributed by atoms with Crippen LogP contribution in [0.15, 0.2) is 15.4 Å². The normalized spacial score (nSPS) is 16.0. The summed E-state index contributed by atoms with van der Waals surface area (Å²) in [6, 6.07) is 1.50. The van der Waals surface area contributed by atoms with Crippen LogP contribution < -0.4 is 10.3 Å². The highest BCUT2D eigenvalue weighted by Crippen LogP contribution is 2.32. The number of amides is 1. The molecule has 0 saturated heterocycles. The second-order valence-electron chi connectivity index (χ2n) is 8.92. The van der Waals surface area contributed by atoms with Gasteiger partial charge >= 0.3 is 0 Å². The summed E-state index contributed by atoms with van der Waals surface area (Å²) >= 11 is 0. The van der Waals surface area contributed by atoms with E-state index in [0.717, 1.165) is 62.1 Å². The third kappa shape index (κ3) is 4.70. The molecule has 0 radical (unpaired) electrons. The van der Waals surface area contributed by atoms with Crippen molar-refractivity contribution in [3.63, 3.8) is 0 Å². The van der Waals surface area contributed by atoms with Crippen molar-refractivity contribution < 1.29 is 14.1 Å². The molecule has 1 aliphatic carbocycles. The van der Waals surface area contributed by atoms with Crippen LogP contribution in [0.25, 0.3) is 0 Å². The first-order valence-corrected chi connectivity index (χ1v) is 11.6. The van der Waals surface area contributed by atoms with Crippen LogP contribution >= 0.6 is 0 Å². The lowest BCUT2D eigenvalue weighted by molar-refractivity contribution is 0.0740. The minimum Gasteiger partial charge on any atom is -0.488 e. The van der Waals surface area contributed by atoms with Crippen LogP contribution in [0.1, 0.15) is 78.5 Å². The molecule has 0 N–H and O–H groups in total. The van der Waals surface area contributed by atoms with E-state index in [-0.39, 0.29) is 18.1 Å². The number of nitrogens with zero attached hydrogens (tertiary/aromatic N) is 3. The summed E-state index contributed by atoms with van der Waals surface area (Å²) in [7, 11) is 0. The van der Waals surface area contributed by atoms with Gasteiger partial charge in [-0.25, -0.2) is 0 Å². The zero-order valence-corrected chi connectivity index (χ0v) is 18.9. The van der Waals surface area contributed by atoms with Crippen LogP contribution in [0.4, 0.5) is 0 Å². The second kappa shape index (κ2) is 9.28. The molecule has 0 spiro atoms. The fraction of sp³-hybridized carbons (Fsp3) is 0.625. The summed E-state index contributed by atoms with van der Waals surface area (Å²) in [6.45, 7) is 8.20. The number of rotatable bonds is 8. The number of carbonyl (C=O) groups is 1. The number of carbonyl (C=O) groups excluding carboxylic acids is 1. The van der Waals surface area contributed by atoms with E-state index in [2.05, 4.69) is 12.1 Å². The molecule has 1 saturated carbocycles. The van der Waals surface area contributed by atoms with E-state index < -0.39 is 0 Å².